The summed E-state index contributed by atoms with van der Waals surface area (Å²) in [6.07, 6.45) is 67.9. The Balaban J connectivity index is 4.50. The number of carbonyl (C=O) groups excluding carboxylic acids is 3. The second-order valence-electron chi connectivity index (χ2n) is 16.3. The van der Waals surface area contributed by atoms with Crippen molar-refractivity contribution >= 4 is 17.9 Å². The minimum atomic E-state index is -0.819. The van der Waals surface area contributed by atoms with Crippen LogP contribution in [0.3, 0.4) is 0 Å². The Morgan fingerprint density at radius 1 is 0.333 bits per heavy atom. The van der Waals surface area contributed by atoms with Crippen molar-refractivity contribution in [1.29, 1.82) is 0 Å². The third-order valence-electron chi connectivity index (χ3n) is 10.3. The highest BCUT2D eigenvalue weighted by Crippen LogP contribution is 2.12. The van der Waals surface area contributed by atoms with Crippen molar-refractivity contribution in [2.75, 3.05) is 13.2 Å². The first-order valence-electron chi connectivity index (χ1n) is 25.4. The van der Waals surface area contributed by atoms with Gasteiger partial charge in [-0.15, -0.1) is 0 Å². The third-order valence-corrected chi connectivity index (χ3v) is 10.3. The van der Waals surface area contributed by atoms with Crippen molar-refractivity contribution < 1.29 is 28.6 Å². The summed E-state index contributed by atoms with van der Waals surface area (Å²) in [5.41, 5.74) is 0. The van der Waals surface area contributed by atoms with Gasteiger partial charge in [0.15, 0.2) is 6.10 Å². The van der Waals surface area contributed by atoms with Gasteiger partial charge in [-0.3, -0.25) is 14.4 Å². The van der Waals surface area contributed by atoms with Gasteiger partial charge in [0, 0.05) is 19.3 Å². The van der Waals surface area contributed by atoms with Crippen molar-refractivity contribution in [1.82, 2.24) is 0 Å². The molecule has 0 saturated heterocycles. The van der Waals surface area contributed by atoms with Crippen LogP contribution in [0.5, 0.6) is 0 Å². The average Bonchev–Trinajstić information content (AvgIpc) is 3.28. The Kier molecular flexibility index (Phi) is 47.5. The van der Waals surface area contributed by atoms with Gasteiger partial charge < -0.3 is 14.2 Å². The van der Waals surface area contributed by atoms with E-state index in [9.17, 15) is 14.4 Å². The number of unbranched alkanes of at least 4 members (excludes halogenated alkanes) is 15. The summed E-state index contributed by atoms with van der Waals surface area (Å²) in [4.78, 5) is 37.9. The summed E-state index contributed by atoms with van der Waals surface area (Å²) >= 11 is 0. The maximum absolute atomic E-state index is 12.8. The molecule has 0 rings (SSSR count). The molecule has 63 heavy (non-hydrogen) atoms. The van der Waals surface area contributed by atoms with Crippen LogP contribution in [0.4, 0.5) is 0 Å². The van der Waals surface area contributed by atoms with E-state index in [0.717, 1.165) is 103 Å². The smallest absolute Gasteiger partial charge is 0.306 e. The molecule has 0 aliphatic heterocycles. The van der Waals surface area contributed by atoms with Crippen LogP contribution in [0.1, 0.15) is 213 Å². The lowest BCUT2D eigenvalue weighted by Crippen LogP contribution is -2.30. The van der Waals surface area contributed by atoms with E-state index in [1.54, 1.807) is 0 Å². The molecule has 0 radical (unpaired) electrons. The highest BCUT2D eigenvalue weighted by molar-refractivity contribution is 5.71. The Labute approximate surface area is 387 Å². The lowest BCUT2D eigenvalue weighted by molar-refractivity contribution is -0.167. The number of ether oxygens (including phenoxy) is 3. The van der Waals surface area contributed by atoms with Crippen molar-refractivity contribution in [2.45, 2.75) is 219 Å². The van der Waals surface area contributed by atoms with Crippen LogP contribution in [0, 0.1) is 0 Å². The normalized spacial score (nSPS) is 13.0. The van der Waals surface area contributed by atoms with E-state index in [2.05, 4.69) is 130 Å². The number of esters is 3. The minimum absolute atomic E-state index is 0.111. The predicted molar refractivity (Wildman–Crippen MR) is 270 cm³/mol. The second-order valence-corrected chi connectivity index (χ2v) is 16.3. The van der Waals surface area contributed by atoms with Gasteiger partial charge in [0.25, 0.3) is 0 Å². The third kappa shape index (κ3) is 49.0. The molecular formula is C57H92O6. The summed E-state index contributed by atoms with van der Waals surface area (Å²) in [5, 5.41) is 0. The molecule has 0 aromatic carbocycles. The molecule has 356 valence electrons. The summed E-state index contributed by atoms with van der Waals surface area (Å²) < 4.78 is 16.7. The zero-order valence-corrected chi connectivity index (χ0v) is 40.5. The van der Waals surface area contributed by atoms with E-state index < -0.39 is 6.10 Å². The molecule has 0 aromatic heterocycles. The van der Waals surface area contributed by atoms with Gasteiger partial charge in [-0.1, -0.05) is 201 Å². The predicted octanol–water partition coefficient (Wildman–Crippen LogP) is 16.8. The number of hydrogen-bond donors (Lipinski definition) is 0. The lowest BCUT2D eigenvalue weighted by Gasteiger charge is -2.18. The zero-order chi connectivity index (χ0) is 45.8. The maximum atomic E-state index is 12.8. The fraction of sp³-hybridized carbons (Fsp3) is 0.632. The summed E-state index contributed by atoms with van der Waals surface area (Å²) in [7, 11) is 0. The van der Waals surface area contributed by atoms with Gasteiger partial charge in [0.1, 0.15) is 13.2 Å². The van der Waals surface area contributed by atoms with Crippen LogP contribution in [0.2, 0.25) is 0 Å². The molecule has 0 saturated carbocycles. The first-order valence-corrected chi connectivity index (χ1v) is 25.4. The number of hydrogen-bond acceptors (Lipinski definition) is 6. The molecule has 0 amide bonds. The van der Waals surface area contributed by atoms with E-state index in [-0.39, 0.29) is 37.5 Å². The Morgan fingerprint density at radius 2 is 0.635 bits per heavy atom. The summed E-state index contributed by atoms with van der Waals surface area (Å²) in [6.45, 7) is 6.38. The topological polar surface area (TPSA) is 78.9 Å². The molecule has 1 atom stereocenters. The highest BCUT2D eigenvalue weighted by atomic mass is 16.6. The fourth-order valence-electron chi connectivity index (χ4n) is 6.46. The van der Waals surface area contributed by atoms with Crippen LogP contribution < -0.4 is 0 Å². The Bertz CT molecular complexity index is 1330. The summed E-state index contributed by atoms with van der Waals surface area (Å²) in [5.74, 6) is -1.01. The molecule has 6 heteroatoms. The number of rotatable bonds is 44. The minimum Gasteiger partial charge on any atom is -0.462 e. The van der Waals surface area contributed by atoms with E-state index in [1.807, 2.05) is 0 Å². The molecule has 0 unspecified atom stereocenters. The van der Waals surface area contributed by atoms with Crippen LogP contribution >= 0.6 is 0 Å². The van der Waals surface area contributed by atoms with Gasteiger partial charge in [-0.2, -0.15) is 0 Å². The second kappa shape index (κ2) is 50.7. The van der Waals surface area contributed by atoms with Gasteiger partial charge in [0.05, 0.1) is 0 Å². The van der Waals surface area contributed by atoms with Gasteiger partial charge >= 0.3 is 17.9 Å². The molecule has 0 N–H and O–H groups in total. The Hall–Kier alpha value is -3.93. The van der Waals surface area contributed by atoms with Crippen molar-refractivity contribution in [3.05, 3.63) is 109 Å². The Morgan fingerprint density at radius 3 is 1.05 bits per heavy atom. The quantitative estimate of drug-likeness (QED) is 0.0263. The van der Waals surface area contributed by atoms with Crippen LogP contribution in [0.25, 0.3) is 0 Å². The zero-order valence-electron chi connectivity index (χ0n) is 40.5. The largest absolute Gasteiger partial charge is 0.462 e. The number of allylic oxidation sites excluding steroid dienone is 18. The van der Waals surface area contributed by atoms with E-state index >= 15 is 0 Å². The highest BCUT2D eigenvalue weighted by Gasteiger charge is 2.19. The molecule has 0 fully saturated rings. The lowest BCUT2D eigenvalue weighted by atomic mass is 10.1. The SMILES string of the molecule is CC/C=C\C/C=C\C/C=C\C/C=C\C/C=C\CCCCCC(=O)OC[C@@H](COC(=O)CCCCCCCCCCC)OC(=O)CCC/C=C\C/C=C\C/C=C\C/C=C\CCCCC. The van der Waals surface area contributed by atoms with Crippen LogP contribution in [0.15, 0.2) is 109 Å². The first kappa shape index (κ1) is 59.1. The van der Waals surface area contributed by atoms with Crippen LogP contribution in [-0.4, -0.2) is 37.2 Å². The molecule has 0 spiro atoms. The number of carbonyl (C=O) groups is 3. The maximum Gasteiger partial charge on any atom is 0.306 e. The van der Waals surface area contributed by atoms with Crippen LogP contribution in [-0.2, 0) is 28.6 Å². The van der Waals surface area contributed by atoms with Gasteiger partial charge in [-0.05, 0) is 103 Å². The molecular weight excluding hydrogens is 781 g/mol. The van der Waals surface area contributed by atoms with E-state index in [4.69, 9.17) is 14.2 Å². The molecule has 0 aromatic rings. The molecule has 0 aliphatic rings. The fourth-order valence-corrected chi connectivity index (χ4v) is 6.46. The first-order chi connectivity index (χ1) is 31.0. The molecule has 6 nitrogen and oxygen atoms in total. The standard InChI is InChI=1S/C57H92O6/c1-4-7-10-13-16-19-21-23-25-27-28-30-31-33-35-38-41-44-47-50-56(59)62-53-54(52-61-55(58)49-46-43-40-37-18-15-12-9-6-3)63-57(60)51-48-45-42-39-36-34-32-29-26-24-22-20-17-14-11-8-5-2/h7,10,16-17,19-20,23-26,28,30,32-35,39,42,54H,4-6,8-9,11-15,18,21-22,27,29,31,36-38,40-41,43-53H2,1-3H3/b10-7-,19-16-,20-17-,25-23-,26-24-,30-28-,34-32-,35-33-,42-39-/t54-/m1/s1. The summed E-state index contributed by atoms with van der Waals surface area (Å²) in [6, 6.07) is 0. The van der Waals surface area contributed by atoms with Gasteiger partial charge in [-0.25, -0.2) is 0 Å². The van der Waals surface area contributed by atoms with Crippen molar-refractivity contribution in [2.24, 2.45) is 0 Å². The van der Waals surface area contributed by atoms with Crippen molar-refractivity contribution in [3.63, 3.8) is 0 Å². The van der Waals surface area contributed by atoms with E-state index in [1.165, 1.54) is 64.2 Å². The molecule has 0 aliphatic carbocycles. The van der Waals surface area contributed by atoms with Gasteiger partial charge in [0.2, 0.25) is 0 Å². The van der Waals surface area contributed by atoms with Crippen molar-refractivity contribution in [3.8, 4) is 0 Å². The average molecular weight is 873 g/mol. The molecule has 0 heterocycles. The van der Waals surface area contributed by atoms with E-state index in [0.29, 0.717) is 19.3 Å². The monoisotopic (exact) mass is 873 g/mol. The molecule has 0 bridgehead atoms.